The standard InChI is InChI=1S/C13H17N5O/c1-9(2)5-14-12-4-11(17-8-18-12)10-6-15-13(19-3)16-7-10/h4,6-9H,5H2,1-3H3,(H,14,17,18). The van der Waals surface area contributed by atoms with E-state index >= 15 is 0 Å². The highest BCUT2D eigenvalue weighted by Gasteiger charge is 2.04. The smallest absolute Gasteiger partial charge is 0.316 e. The van der Waals surface area contributed by atoms with E-state index in [2.05, 4.69) is 39.1 Å². The van der Waals surface area contributed by atoms with Gasteiger partial charge in [0, 0.05) is 30.6 Å². The highest BCUT2D eigenvalue weighted by molar-refractivity contribution is 5.60. The van der Waals surface area contributed by atoms with Gasteiger partial charge in [-0.3, -0.25) is 0 Å². The Labute approximate surface area is 112 Å². The fourth-order valence-electron chi connectivity index (χ4n) is 1.47. The molecule has 2 rings (SSSR count). The first kappa shape index (κ1) is 13.2. The van der Waals surface area contributed by atoms with Crippen molar-refractivity contribution in [1.29, 1.82) is 0 Å². The lowest BCUT2D eigenvalue weighted by Crippen LogP contribution is -2.09. The first-order chi connectivity index (χ1) is 9.19. The normalized spacial score (nSPS) is 10.5. The summed E-state index contributed by atoms with van der Waals surface area (Å²) in [5.74, 6) is 1.36. The van der Waals surface area contributed by atoms with Crippen molar-refractivity contribution < 1.29 is 4.74 Å². The molecular weight excluding hydrogens is 242 g/mol. The molecule has 2 aromatic rings. The molecule has 0 spiro atoms. The number of hydrogen-bond acceptors (Lipinski definition) is 6. The van der Waals surface area contributed by atoms with Gasteiger partial charge in [-0.1, -0.05) is 13.8 Å². The molecule has 0 aliphatic rings. The lowest BCUT2D eigenvalue weighted by molar-refractivity contribution is 0.380. The average molecular weight is 259 g/mol. The highest BCUT2D eigenvalue weighted by Crippen LogP contribution is 2.18. The Kier molecular flexibility index (Phi) is 4.22. The number of nitrogens with one attached hydrogen (secondary N) is 1. The van der Waals surface area contributed by atoms with Gasteiger partial charge in [-0.2, -0.15) is 0 Å². The van der Waals surface area contributed by atoms with Gasteiger partial charge in [0.05, 0.1) is 12.8 Å². The summed E-state index contributed by atoms with van der Waals surface area (Å²) in [6.45, 7) is 5.16. The molecular formula is C13H17N5O. The van der Waals surface area contributed by atoms with E-state index in [1.165, 1.54) is 13.4 Å². The molecule has 0 aliphatic carbocycles. The second-order valence-corrected chi connectivity index (χ2v) is 4.52. The fourth-order valence-corrected chi connectivity index (χ4v) is 1.47. The minimum Gasteiger partial charge on any atom is -0.467 e. The molecule has 0 aliphatic heterocycles. The number of methoxy groups -OCH3 is 1. The van der Waals surface area contributed by atoms with Crippen LogP contribution in [0.4, 0.5) is 5.82 Å². The maximum absolute atomic E-state index is 4.93. The molecule has 0 saturated heterocycles. The quantitative estimate of drug-likeness (QED) is 0.885. The summed E-state index contributed by atoms with van der Waals surface area (Å²) in [5, 5.41) is 3.26. The zero-order chi connectivity index (χ0) is 13.7. The van der Waals surface area contributed by atoms with E-state index < -0.39 is 0 Å². The number of aromatic nitrogens is 4. The van der Waals surface area contributed by atoms with E-state index in [4.69, 9.17) is 4.74 Å². The maximum atomic E-state index is 4.93. The van der Waals surface area contributed by atoms with Gasteiger partial charge in [0.25, 0.3) is 0 Å². The fraction of sp³-hybridized carbons (Fsp3) is 0.385. The van der Waals surface area contributed by atoms with Crippen molar-refractivity contribution in [2.45, 2.75) is 13.8 Å². The van der Waals surface area contributed by atoms with Gasteiger partial charge in [-0.05, 0) is 5.92 Å². The molecule has 0 radical (unpaired) electrons. The van der Waals surface area contributed by atoms with Crippen LogP contribution in [0.25, 0.3) is 11.3 Å². The number of nitrogens with zero attached hydrogens (tertiary/aromatic N) is 4. The molecule has 0 unspecified atom stereocenters. The van der Waals surface area contributed by atoms with E-state index in [1.807, 2.05) is 6.07 Å². The number of rotatable bonds is 5. The Hall–Kier alpha value is -2.24. The van der Waals surface area contributed by atoms with E-state index in [0.29, 0.717) is 11.9 Å². The second-order valence-electron chi connectivity index (χ2n) is 4.52. The monoisotopic (exact) mass is 259 g/mol. The lowest BCUT2D eigenvalue weighted by Gasteiger charge is -2.08. The average Bonchev–Trinajstić information content (AvgIpc) is 2.45. The van der Waals surface area contributed by atoms with Gasteiger partial charge in [-0.15, -0.1) is 0 Å². The minimum atomic E-state index is 0.343. The van der Waals surface area contributed by atoms with Crippen molar-refractivity contribution in [3.63, 3.8) is 0 Å². The van der Waals surface area contributed by atoms with Gasteiger partial charge in [0.1, 0.15) is 12.1 Å². The van der Waals surface area contributed by atoms with Crippen molar-refractivity contribution in [3.05, 3.63) is 24.8 Å². The maximum Gasteiger partial charge on any atom is 0.316 e. The van der Waals surface area contributed by atoms with Crippen molar-refractivity contribution in [2.24, 2.45) is 5.92 Å². The summed E-state index contributed by atoms with van der Waals surface area (Å²) in [7, 11) is 1.54. The van der Waals surface area contributed by atoms with Crippen LogP contribution < -0.4 is 10.1 Å². The Balaban J connectivity index is 2.17. The number of hydrogen-bond donors (Lipinski definition) is 1. The van der Waals surface area contributed by atoms with Crippen LogP contribution in [0.5, 0.6) is 6.01 Å². The van der Waals surface area contributed by atoms with Crippen LogP contribution in [0.1, 0.15) is 13.8 Å². The third-order valence-electron chi connectivity index (χ3n) is 2.46. The third kappa shape index (κ3) is 3.61. The Morgan fingerprint density at radius 1 is 1.16 bits per heavy atom. The predicted molar refractivity (Wildman–Crippen MR) is 72.9 cm³/mol. The first-order valence-corrected chi connectivity index (χ1v) is 6.11. The molecule has 6 nitrogen and oxygen atoms in total. The lowest BCUT2D eigenvalue weighted by atomic mass is 10.2. The van der Waals surface area contributed by atoms with Gasteiger partial charge in [0.15, 0.2) is 0 Å². The van der Waals surface area contributed by atoms with Crippen LogP contribution >= 0.6 is 0 Å². The molecule has 19 heavy (non-hydrogen) atoms. The molecule has 1 N–H and O–H groups in total. The van der Waals surface area contributed by atoms with E-state index in [0.717, 1.165) is 23.6 Å². The summed E-state index contributed by atoms with van der Waals surface area (Å²) >= 11 is 0. The van der Waals surface area contributed by atoms with Crippen LogP contribution in [-0.2, 0) is 0 Å². The van der Waals surface area contributed by atoms with Crippen molar-refractivity contribution in [2.75, 3.05) is 19.0 Å². The van der Waals surface area contributed by atoms with E-state index in [9.17, 15) is 0 Å². The summed E-state index contributed by atoms with van der Waals surface area (Å²) in [5.41, 5.74) is 1.61. The summed E-state index contributed by atoms with van der Waals surface area (Å²) < 4.78 is 4.93. The van der Waals surface area contributed by atoms with Crippen LogP contribution in [0, 0.1) is 5.92 Å². The molecule has 0 bridgehead atoms. The second kappa shape index (κ2) is 6.08. The highest BCUT2D eigenvalue weighted by atomic mass is 16.5. The van der Waals surface area contributed by atoms with Crippen molar-refractivity contribution in [3.8, 4) is 17.3 Å². The molecule has 0 amide bonds. The van der Waals surface area contributed by atoms with E-state index in [1.54, 1.807) is 12.4 Å². The Bertz CT molecular complexity index is 527. The van der Waals surface area contributed by atoms with Crippen LogP contribution in [0.15, 0.2) is 24.8 Å². The molecule has 0 atom stereocenters. The van der Waals surface area contributed by atoms with Gasteiger partial charge < -0.3 is 10.1 Å². The predicted octanol–water partition coefficient (Wildman–Crippen LogP) is 2.01. The largest absolute Gasteiger partial charge is 0.467 e. The first-order valence-electron chi connectivity index (χ1n) is 6.11. The van der Waals surface area contributed by atoms with Crippen LogP contribution in [0.2, 0.25) is 0 Å². The molecule has 0 aromatic carbocycles. The third-order valence-corrected chi connectivity index (χ3v) is 2.46. The number of ether oxygens (including phenoxy) is 1. The summed E-state index contributed by atoms with van der Waals surface area (Å²) in [4.78, 5) is 16.5. The molecule has 100 valence electrons. The van der Waals surface area contributed by atoms with Gasteiger partial charge in [-0.25, -0.2) is 19.9 Å². The summed E-state index contributed by atoms with van der Waals surface area (Å²) in [6.07, 6.45) is 4.89. The topological polar surface area (TPSA) is 72.8 Å². The molecule has 0 saturated carbocycles. The van der Waals surface area contributed by atoms with Crippen molar-refractivity contribution >= 4 is 5.82 Å². The van der Waals surface area contributed by atoms with Crippen molar-refractivity contribution in [1.82, 2.24) is 19.9 Å². The molecule has 2 heterocycles. The summed E-state index contributed by atoms with van der Waals surface area (Å²) in [6, 6.07) is 2.23. The zero-order valence-corrected chi connectivity index (χ0v) is 11.3. The van der Waals surface area contributed by atoms with Crippen LogP contribution in [-0.4, -0.2) is 33.6 Å². The van der Waals surface area contributed by atoms with Gasteiger partial charge in [0.2, 0.25) is 0 Å². The Morgan fingerprint density at radius 3 is 2.53 bits per heavy atom. The van der Waals surface area contributed by atoms with Crippen LogP contribution in [0.3, 0.4) is 0 Å². The number of anilines is 1. The molecule has 6 heteroatoms. The van der Waals surface area contributed by atoms with E-state index in [-0.39, 0.29) is 0 Å². The zero-order valence-electron chi connectivity index (χ0n) is 11.3. The minimum absolute atomic E-state index is 0.343. The molecule has 2 aromatic heterocycles. The van der Waals surface area contributed by atoms with Gasteiger partial charge >= 0.3 is 6.01 Å². The SMILES string of the molecule is COc1ncc(-c2cc(NCC(C)C)ncn2)cn1. The molecule has 0 fully saturated rings. The Morgan fingerprint density at radius 2 is 1.89 bits per heavy atom.